The molecule has 0 unspecified atom stereocenters. The molecule has 0 saturated heterocycles. The molecule has 3 rings (SSSR count). The number of imidazole rings is 1. The van der Waals surface area contributed by atoms with Crippen molar-refractivity contribution in [3.63, 3.8) is 0 Å². The maximum absolute atomic E-state index is 11.9. The summed E-state index contributed by atoms with van der Waals surface area (Å²) >= 11 is 0. The van der Waals surface area contributed by atoms with Crippen LogP contribution in [0.3, 0.4) is 0 Å². The van der Waals surface area contributed by atoms with Crippen molar-refractivity contribution in [1.82, 2.24) is 14.9 Å². The van der Waals surface area contributed by atoms with Crippen LogP contribution in [0.15, 0.2) is 30.6 Å². The lowest BCUT2D eigenvalue weighted by Gasteiger charge is -2.18. The molecule has 8 nitrogen and oxygen atoms in total. The molecule has 0 fully saturated rings. The number of benzene rings is 1. The summed E-state index contributed by atoms with van der Waals surface area (Å²) in [5.41, 5.74) is 0.477. The number of ether oxygens (including phenoxy) is 2. The standard InChI is InChI=1S/C16H18N4O4/c1-11-17-4-6-20(11)7-5-18-15(21)16(22)19-12-2-3-13-14(10-12)24-9-8-23-13/h2-4,6,10H,5,7-9H2,1H3,(H,18,21)(H,19,22). The first kappa shape index (κ1) is 15.9. The Morgan fingerprint density at radius 1 is 1.21 bits per heavy atom. The van der Waals surface area contributed by atoms with Crippen LogP contribution < -0.4 is 20.1 Å². The minimum Gasteiger partial charge on any atom is -0.486 e. The zero-order valence-corrected chi connectivity index (χ0v) is 13.2. The number of carbonyl (C=O) groups excluding carboxylic acids is 2. The van der Waals surface area contributed by atoms with Gasteiger partial charge in [-0.1, -0.05) is 0 Å². The fourth-order valence-electron chi connectivity index (χ4n) is 2.32. The number of hydrogen-bond donors (Lipinski definition) is 2. The van der Waals surface area contributed by atoms with Gasteiger partial charge in [-0.15, -0.1) is 0 Å². The van der Waals surface area contributed by atoms with Crippen LogP contribution in [-0.2, 0) is 16.1 Å². The average molecular weight is 330 g/mol. The van der Waals surface area contributed by atoms with Gasteiger partial charge in [-0.25, -0.2) is 4.98 Å². The van der Waals surface area contributed by atoms with E-state index in [9.17, 15) is 9.59 Å². The molecule has 1 aliphatic heterocycles. The summed E-state index contributed by atoms with van der Waals surface area (Å²) in [7, 11) is 0. The van der Waals surface area contributed by atoms with Crippen LogP contribution in [0, 0.1) is 6.92 Å². The first-order chi connectivity index (χ1) is 11.6. The van der Waals surface area contributed by atoms with Crippen molar-refractivity contribution in [2.24, 2.45) is 0 Å². The van der Waals surface area contributed by atoms with Crippen LogP contribution in [0.2, 0.25) is 0 Å². The predicted molar refractivity (Wildman–Crippen MR) is 86.0 cm³/mol. The second-order valence-electron chi connectivity index (χ2n) is 5.24. The Morgan fingerprint density at radius 3 is 2.75 bits per heavy atom. The number of aryl methyl sites for hydroxylation is 1. The first-order valence-corrected chi connectivity index (χ1v) is 7.60. The third-order valence-electron chi connectivity index (χ3n) is 3.57. The minimum atomic E-state index is -0.728. The van der Waals surface area contributed by atoms with E-state index in [1.54, 1.807) is 24.4 Å². The van der Waals surface area contributed by atoms with Gasteiger partial charge in [-0.2, -0.15) is 0 Å². The molecule has 0 radical (unpaired) electrons. The number of rotatable bonds is 4. The predicted octanol–water partition coefficient (Wildman–Crippen LogP) is 0.718. The third-order valence-corrected chi connectivity index (χ3v) is 3.57. The molecule has 2 aromatic rings. The highest BCUT2D eigenvalue weighted by Gasteiger charge is 2.16. The zero-order valence-electron chi connectivity index (χ0n) is 13.2. The van der Waals surface area contributed by atoms with Gasteiger partial charge < -0.3 is 24.7 Å². The quantitative estimate of drug-likeness (QED) is 0.806. The van der Waals surface area contributed by atoms with E-state index in [4.69, 9.17) is 9.47 Å². The summed E-state index contributed by atoms with van der Waals surface area (Å²) in [6.45, 7) is 3.71. The molecule has 8 heteroatoms. The summed E-state index contributed by atoms with van der Waals surface area (Å²) < 4.78 is 12.7. The highest BCUT2D eigenvalue weighted by atomic mass is 16.6. The SMILES string of the molecule is Cc1nccn1CCNC(=O)C(=O)Nc1ccc2c(c1)OCCO2. The molecule has 126 valence electrons. The van der Waals surface area contributed by atoms with E-state index in [-0.39, 0.29) is 0 Å². The fourth-order valence-corrected chi connectivity index (χ4v) is 2.32. The molecule has 0 spiro atoms. The van der Waals surface area contributed by atoms with Gasteiger partial charge in [-0.05, 0) is 19.1 Å². The van der Waals surface area contributed by atoms with Gasteiger partial charge in [-0.3, -0.25) is 9.59 Å². The normalized spacial score (nSPS) is 12.5. The number of aromatic nitrogens is 2. The number of fused-ring (bicyclic) bond motifs is 1. The lowest BCUT2D eigenvalue weighted by molar-refractivity contribution is -0.136. The van der Waals surface area contributed by atoms with E-state index in [0.717, 1.165) is 5.82 Å². The maximum Gasteiger partial charge on any atom is 0.313 e. The Bertz CT molecular complexity index is 756. The van der Waals surface area contributed by atoms with Crippen molar-refractivity contribution in [1.29, 1.82) is 0 Å². The van der Waals surface area contributed by atoms with Crippen LogP contribution in [0.1, 0.15) is 5.82 Å². The van der Waals surface area contributed by atoms with Crippen molar-refractivity contribution >= 4 is 17.5 Å². The molecule has 1 aliphatic rings. The van der Waals surface area contributed by atoms with Gasteiger partial charge in [0.15, 0.2) is 11.5 Å². The van der Waals surface area contributed by atoms with Crippen molar-refractivity contribution in [2.45, 2.75) is 13.5 Å². The van der Waals surface area contributed by atoms with Gasteiger partial charge in [0.05, 0.1) is 0 Å². The van der Waals surface area contributed by atoms with Gasteiger partial charge >= 0.3 is 11.8 Å². The van der Waals surface area contributed by atoms with Crippen LogP contribution >= 0.6 is 0 Å². The minimum absolute atomic E-state index is 0.338. The molecule has 2 N–H and O–H groups in total. The summed E-state index contributed by atoms with van der Waals surface area (Å²) in [4.78, 5) is 27.9. The van der Waals surface area contributed by atoms with Crippen molar-refractivity contribution in [3.8, 4) is 11.5 Å². The van der Waals surface area contributed by atoms with Gasteiger partial charge in [0.2, 0.25) is 0 Å². The average Bonchev–Trinajstić information content (AvgIpc) is 2.99. The van der Waals surface area contributed by atoms with E-state index in [0.29, 0.717) is 43.5 Å². The van der Waals surface area contributed by atoms with Gasteiger partial charge in [0, 0.05) is 37.2 Å². The molecular weight excluding hydrogens is 312 g/mol. The second-order valence-corrected chi connectivity index (χ2v) is 5.24. The van der Waals surface area contributed by atoms with Crippen molar-refractivity contribution in [2.75, 3.05) is 25.1 Å². The summed E-state index contributed by atoms with van der Waals surface area (Å²) in [5.74, 6) is 0.608. The van der Waals surface area contributed by atoms with Crippen molar-refractivity contribution in [3.05, 3.63) is 36.4 Å². The summed E-state index contributed by atoms with van der Waals surface area (Å²) in [6, 6.07) is 4.99. The third kappa shape index (κ3) is 3.65. The summed E-state index contributed by atoms with van der Waals surface area (Å²) in [6.07, 6.45) is 3.50. The number of nitrogens with one attached hydrogen (secondary N) is 2. The van der Waals surface area contributed by atoms with E-state index >= 15 is 0 Å². The number of carbonyl (C=O) groups is 2. The highest BCUT2D eigenvalue weighted by molar-refractivity contribution is 6.39. The molecule has 0 atom stereocenters. The summed E-state index contributed by atoms with van der Waals surface area (Å²) in [5, 5.41) is 5.12. The molecule has 1 aromatic heterocycles. The Kier molecular flexibility index (Phi) is 4.64. The lowest BCUT2D eigenvalue weighted by atomic mass is 10.2. The highest BCUT2D eigenvalue weighted by Crippen LogP contribution is 2.32. The van der Waals surface area contributed by atoms with E-state index < -0.39 is 11.8 Å². The smallest absolute Gasteiger partial charge is 0.313 e. The second kappa shape index (κ2) is 7.03. The van der Waals surface area contributed by atoms with Crippen LogP contribution in [0.4, 0.5) is 5.69 Å². The van der Waals surface area contributed by atoms with E-state index in [1.165, 1.54) is 0 Å². The fraction of sp³-hybridized carbons (Fsp3) is 0.312. The van der Waals surface area contributed by atoms with Crippen LogP contribution in [0.5, 0.6) is 11.5 Å². The molecule has 0 aliphatic carbocycles. The van der Waals surface area contributed by atoms with Crippen LogP contribution in [0.25, 0.3) is 0 Å². The first-order valence-electron chi connectivity index (χ1n) is 7.60. The molecule has 0 bridgehead atoms. The molecule has 1 aromatic carbocycles. The Hall–Kier alpha value is -3.03. The topological polar surface area (TPSA) is 94.5 Å². The van der Waals surface area contributed by atoms with Gasteiger partial charge in [0.1, 0.15) is 19.0 Å². The van der Waals surface area contributed by atoms with Gasteiger partial charge in [0.25, 0.3) is 0 Å². The van der Waals surface area contributed by atoms with Crippen molar-refractivity contribution < 1.29 is 19.1 Å². The molecule has 24 heavy (non-hydrogen) atoms. The monoisotopic (exact) mass is 330 g/mol. The number of anilines is 1. The molecule has 2 heterocycles. The number of amides is 2. The van der Waals surface area contributed by atoms with Crippen LogP contribution in [-0.4, -0.2) is 41.1 Å². The van der Waals surface area contributed by atoms with E-state index in [1.807, 2.05) is 17.7 Å². The zero-order chi connectivity index (χ0) is 16.9. The van der Waals surface area contributed by atoms with E-state index in [2.05, 4.69) is 15.6 Å². The molecule has 2 amide bonds. The molecular formula is C16H18N4O4. The molecule has 0 saturated carbocycles. The maximum atomic E-state index is 11.9. The lowest BCUT2D eigenvalue weighted by Crippen LogP contribution is -2.37. The Balaban J connectivity index is 1.51. The Morgan fingerprint density at radius 2 is 2.00 bits per heavy atom. The number of hydrogen-bond acceptors (Lipinski definition) is 5. The Labute approximate surface area is 138 Å². The largest absolute Gasteiger partial charge is 0.486 e. The number of nitrogens with zero attached hydrogens (tertiary/aromatic N) is 2.